The molecule has 0 atom stereocenters. The molecule has 1 aromatic heterocycles. The second-order valence-corrected chi connectivity index (χ2v) is 7.34. The van der Waals surface area contributed by atoms with E-state index < -0.39 is 5.69 Å². The van der Waals surface area contributed by atoms with Crippen LogP contribution in [0.5, 0.6) is 0 Å². The zero-order valence-electron chi connectivity index (χ0n) is 16.7. The van der Waals surface area contributed by atoms with E-state index in [0.29, 0.717) is 18.9 Å². The molecule has 0 bridgehead atoms. The monoisotopic (exact) mass is 391 g/mol. The van der Waals surface area contributed by atoms with Crippen molar-refractivity contribution in [2.24, 2.45) is 14.1 Å². The van der Waals surface area contributed by atoms with Crippen LogP contribution >= 0.6 is 0 Å². The van der Waals surface area contributed by atoms with Crippen molar-refractivity contribution in [1.82, 2.24) is 19.2 Å². The molecule has 2 aromatic carbocycles. The molecule has 2 heterocycles. The first kappa shape index (κ1) is 19.1. The first-order chi connectivity index (χ1) is 14.1. The van der Waals surface area contributed by atoms with Crippen LogP contribution in [0.4, 0.5) is 5.82 Å². The van der Waals surface area contributed by atoms with Gasteiger partial charge in [0.1, 0.15) is 0 Å². The summed E-state index contributed by atoms with van der Waals surface area (Å²) in [6.07, 6.45) is 0. The summed E-state index contributed by atoms with van der Waals surface area (Å²) in [5.74, 6) is 0.338. The Morgan fingerprint density at radius 3 is 1.83 bits per heavy atom. The Kier molecular flexibility index (Phi) is 5.31. The van der Waals surface area contributed by atoms with Gasteiger partial charge in [0.05, 0.1) is 6.04 Å². The fourth-order valence-corrected chi connectivity index (χ4v) is 3.96. The SMILES string of the molecule is Cn1nc(N2CCN(C(c3ccccc3)c3ccccc3)CC2)c(=O)n(C)c1=O. The third-order valence-electron chi connectivity index (χ3n) is 5.51. The van der Waals surface area contributed by atoms with Crippen molar-refractivity contribution in [3.8, 4) is 0 Å². The normalized spacial score (nSPS) is 15.1. The van der Waals surface area contributed by atoms with E-state index in [0.717, 1.165) is 17.7 Å². The van der Waals surface area contributed by atoms with Gasteiger partial charge in [-0.2, -0.15) is 0 Å². The van der Waals surface area contributed by atoms with Crippen molar-refractivity contribution < 1.29 is 0 Å². The van der Waals surface area contributed by atoms with E-state index >= 15 is 0 Å². The van der Waals surface area contributed by atoms with Crippen LogP contribution in [0.25, 0.3) is 0 Å². The highest BCUT2D eigenvalue weighted by Crippen LogP contribution is 2.29. The molecule has 0 aliphatic carbocycles. The zero-order chi connectivity index (χ0) is 20.4. The highest BCUT2D eigenvalue weighted by Gasteiger charge is 2.28. The standard InChI is InChI=1S/C22H25N5O2/c1-24-21(28)20(23-25(2)22(24)29)27-15-13-26(14-16-27)19(17-9-5-3-6-10-17)18-11-7-4-8-12-18/h3-12,19H,13-16H2,1-2H3. The van der Waals surface area contributed by atoms with Crippen LogP contribution in [0.15, 0.2) is 70.3 Å². The van der Waals surface area contributed by atoms with Crippen molar-refractivity contribution >= 4 is 5.82 Å². The predicted octanol–water partition coefficient (Wildman–Crippen LogP) is 1.39. The largest absolute Gasteiger partial charge is 0.348 e. The van der Waals surface area contributed by atoms with Crippen molar-refractivity contribution in [2.75, 3.05) is 31.1 Å². The molecular formula is C22H25N5O2. The highest BCUT2D eigenvalue weighted by atomic mass is 16.2. The van der Waals surface area contributed by atoms with E-state index in [1.165, 1.54) is 22.9 Å². The topological polar surface area (TPSA) is 63.4 Å². The lowest BCUT2D eigenvalue weighted by molar-refractivity contribution is 0.211. The lowest BCUT2D eigenvalue weighted by Crippen LogP contribution is -2.51. The molecule has 0 saturated carbocycles. The minimum atomic E-state index is -0.411. The number of anilines is 1. The minimum Gasteiger partial charge on any atom is -0.348 e. The predicted molar refractivity (Wildman–Crippen MR) is 113 cm³/mol. The molecular weight excluding hydrogens is 366 g/mol. The maximum atomic E-state index is 12.5. The third kappa shape index (κ3) is 3.73. The van der Waals surface area contributed by atoms with Gasteiger partial charge in [0.25, 0.3) is 5.56 Å². The van der Waals surface area contributed by atoms with Gasteiger partial charge in [0.15, 0.2) is 0 Å². The van der Waals surface area contributed by atoms with E-state index in [2.05, 4.69) is 58.5 Å². The van der Waals surface area contributed by atoms with Gasteiger partial charge < -0.3 is 4.90 Å². The van der Waals surface area contributed by atoms with Gasteiger partial charge in [-0.05, 0) is 11.1 Å². The summed E-state index contributed by atoms with van der Waals surface area (Å²) in [6.45, 7) is 2.94. The van der Waals surface area contributed by atoms with Gasteiger partial charge in [0.2, 0.25) is 5.82 Å². The van der Waals surface area contributed by atoms with Gasteiger partial charge in [-0.3, -0.25) is 14.3 Å². The molecule has 4 rings (SSSR count). The summed E-state index contributed by atoms with van der Waals surface area (Å²) in [7, 11) is 3.06. The second-order valence-electron chi connectivity index (χ2n) is 7.34. The molecule has 7 heteroatoms. The minimum absolute atomic E-state index is 0.162. The number of hydrogen-bond donors (Lipinski definition) is 0. The Bertz CT molecular complexity index is 1040. The lowest BCUT2D eigenvalue weighted by Gasteiger charge is -2.40. The van der Waals surface area contributed by atoms with Crippen LogP contribution < -0.4 is 16.1 Å². The van der Waals surface area contributed by atoms with Crippen LogP contribution in [-0.2, 0) is 14.1 Å². The molecule has 1 fully saturated rings. The fraction of sp³-hybridized carbons (Fsp3) is 0.318. The molecule has 0 radical (unpaired) electrons. The third-order valence-corrected chi connectivity index (χ3v) is 5.51. The molecule has 0 unspecified atom stereocenters. The van der Waals surface area contributed by atoms with Gasteiger partial charge in [-0.1, -0.05) is 60.7 Å². The molecule has 7 nitrogen and oxygen atoms in total. The van der Waals surface area contributed by atoms with Crippen LogP contribution in [0.1, 0.15) is 17.2 Å². The van der Waals surface area contributed by atoms with Gasteiger partial charge in [-0.15, -0.1) is 5.10 Å². The number of nitrogens with zero attached hydrogens (tertiary/aromatic N) is 5. The van der Waals surface area contributed by atoms with Crippen LogP contribution in [0.3, 0.4) is 0 Å². The zero-order valence-corrected chi connectivity index (χ0v) is 16.7. The van der Waals surface area contributed by atoms with E-state index in [1.54, 1.807) is 7.05 Å². The Hall–Kier alpha value is -3.19. The number of hydrogen-bond acceptors (Lipinski definition) is 5. The molecule has 1 saturated heterocycles. The smallest absolute Gasteiger partial charge is 0.346 e. The summed E-state index contributed by atoms with van der Waals surface area (Å²) in [6, 6.07) is 21.1. The molecule has 1 aliphatic rings. The van der Waals surface area contributed by atoms with Crippen molar-refractivity contribution in [3.05, 3.63) is 92.6 Å². The number of aryl methyl sites for hydroxylation is 1. The Morgan fingerprint density at radius 1 is 0.793 bits per heavy atom. The van der Waals surface area contributed by atoms with E-state index in [-0.39, 0.29) is 11.6 Å². The summed E-state index contributed by atoms with van der Waals surface area (Å²) in [4.78, 5) is 28.9. The maximum Gasteiger partial charge on any atom is 0.346 e. The second kappa shape index (κ2) is 8.05. The molecule has 3 aromatic rings. The summed E-state index contributed by atoms with van der Waals surface area (Å²) < 4.78 is 2.34. The average Bonchev–Trinajstić information content (AvgIpc) is 2.77. The van der Waals surface area contributed by atoms with Gasteiger partial charge >= 0.3 is 5.69 Å². The molecule has 0 spiro atoms. The van der Waals surface area contributed by atoms with Crippen LogP contribution in [0, 0.1) is 0 Å². The Morgan fingerprint density at radius 2 is 1.31 bits per heavy atom. The summed E-state index contributed by atoms with van der Waals surface area (Å²) in [5.41, 5.74) is 1.75. The maximum absolute atomic E-state index is 12.5. The number of aromatic nitrogens is 3. The van der Waals surface area contributed by atoms with Crippen molar-refractivity contribution in [2.45, 2.75) is 6.04 Å². The summed E-state index contributed by atoms with van der Waals surface area (Å²) in [5, 5.41) is 4.22. The van der Waals surface area contributed by atoms with Gasteiger partial charge in [0, 0.05) is 40.3 Å². The average molecular weight is 391 g/mol. The molecule has 29 heavy (non-hydrogen) atoms. The van der Waals surface area contributed by atoms with E-state index in [9.17, 15) is 9.59 Å². The first-order valence-corrected chi connectivity index (χ1v) is 9.79. The van der Waals surface area contributed by atoms with Crippen LogP contribution in [0.2, 0.25) is 0 Å². The fourth-order valence-electron chi connectivity index (χ4n) is 3.96. The molecule has 1 aliphatic heterocycles. The van der Waals surface area contributed by atoms with E-state index in [4.69, 9.17) is 0 Å². The quantitative estimate of drug-likeness (QED) is 0.673. The lowest BCUT2D eigenvalue weighted by atomic mass is 9.96. The summed E-state index contributed by atoms with van der Waals surface area (Å²) >= 11 is 0. The molecule has 150 valence electrons. The van der Waals surface area contributed by atoms with Crippen LogP contribution in [-0.4, -0.2) is 45.4 Å². The Balaban J connectivity index is 1.59. The van der Waals surface area contributed by atoms with E-state index in [1.807, 2.05) is 17.0 Å². The molecule has 0 amide bonds. The van der Waals surface area contributed by atoms with Gasteiger partial charge in [-0.25, -0.2) is 9.48 Å². The number of benzene rings is 2. The number of rotatable bonds is 4. The first-order valence-electron chi connectivity index (χ1n) is 9.79. The number of piperazine rings is 1. The highest BCUT2D eigenvalue weighted by molar-refractivity contribution is 5.37. The van der Waals surface area contributed by atoms with Crippen molar-refractivity contribution in [3.63, 3.8) is 0 Å². The van der Waals surface area contributed by atoms with Crippen molar-refractivity contribution in [1.29, 1.82) is 0 Å². The Labute approximate surface area is 169 Å². The molecule has 0 N–H and O–H groups in total.